The van der Waals surface area contributed by atoms with E-state index < -0.39 is 34.3 Å². The van der Waals surface area contributed by atoms with E-state index in [2.05, 4.69) is 21.2 Å². The van der Waals surface area contributed by atoms with E-state index in [1.54, 1.807) is 18.2 Å². The van der Waals surface area contributed by atoms with E-state index in [0.717, 1.165) is 26.0 Å². The SMILES string of the molecule is CCC(C)NC(=O)C(Cc1ccccc1)N(Cc1cccc(Br)c1)C(=O)CN(c1ccc(F)c(Cl)c1)S(=O)(=O)c1ccccc1. The summed E-state index contributed by atoms with van der Waals surface area (Å²) in [6, 6.07) is 26.6. The summed E-state index contributed by atoms with van der Waals surface area (Å²) in [6.45, 7) is 3.17. The standard InChI is InChI=1S/C34H34BrClFN3O4S/c1-3-24(2)38-34(42)32(20-25-11-6-4-7-12-25)39(22-26-13-10-14-27(35)19-26)33(41)23-40(28-17-18-31(37)30(36)21-28)45(43,44)29-15-8-5-9-16-29/h4-19,21,24,32H,3,20,22-23H2,1-2H3,(H,38,42). The van der Waals surface area contributed by atoms with Crippen molar-refractivity contribution in [3.63, 3.8) is 0 Å². The molecule has 4 rings (SSSR count). The Bertz CT molecular complexity index is 1730. The topological polar surface area (TPSA) is 86.8 Å². The number of hydrogen-bond acceptors (Lipinski definition) is 4. The van der Waals surface area contributed by atoms with Crippen LogP contribution in [-0.4, -0.2) is 43.8 Å². The summed E-state index contributed by atoms with van der Waals surface area (Å²) in [4.78, 5) is 29.7. The van der Waals surface area contributed by atoms with E-state index in [1.807, 2.05) is 68.4 Å². The predicted molar refractivity (Wildman–Crippen MR) is 179 cm³/mol. The van der Waals surface area contributed by atoms with Gasteiger partial charge in [0.2, 0.25) is 11.8 Å². The lowest BCUT2D eigenvalue weighted by Gasteiger charge is -2.34. The zero-order valence-electron chi connectivity index (χ0n) is 24.9. The number of carbonyl (C=O) groups is 2. The largest absolute Gasteiger partial charge is 0.352 e. The van der Waals surface area contributed by atoms with Crippen LogP contribution in [0.25, 0.3) is 0 Å². The fourth-order valence-corrected chi connectivity index (χ4v) is 6.76. The van der Waals surface area contributed by atoms with Gasteiger partial charge in [-0.2, -0.15) is 0 Å². The molecule has 4 aromatic carbocycles. The first-order valence-corrected chi connectivity index (χ1v) is 17.0. The van der Waals surface area contributed by atoms with Gasteiger partial charge in [0, 0.05) is 23.5 Å². The molecule has 0 saturated heterocycles. The number of nitrogens with one attached hydrogen (secondary N) is 1. The van der Waals surface area contributed by atoms with Gasteiger partial charge in [-0.15, -0.1) is 0 Å². The second-order valence-corrected chi connectivity index (χ2v) is 13.8. The number of sulfonamides is 1. The highest BCUT2D eigenvalue weighted by molar-refractivity contribution is 9.10. The predicted octanol–water partition coefficient (Wildman–Crippen LogP) is 6.99. The van der Waals surface area contributed by atoms with Gasteiger partial charge in [-0.05, 0) is 66.9 Å². The van der Waals surface area contributed by atoms with Crippen molar-refractivity contribution in [2.75, 3.05) is 10.8 Å². The van der Waals surface area contributed by atoms with Gasteiger partial charge in [-0.1, -0.05) is 95.1 Å². The zero-order chi connectivity index (χ0) is 32.6. The molecule has 0 radical (unpaired) electrons. The van der Waals surface area contributed by atoms with Crippen molar-refractivity contribution < 1.29 is 22.4 Å². The van der Waals surface area contributed by atoms with Crippen molar-refractivity contribution in [2.24, 2.45) is 0 Å². The highest BCUT2D eigenvalue weighted by atomic mass is 79.9. The number of hydrogen-bond donors (Lipinski definition) is 1. The number of anilines is 1. The van der Waals surface area contributed by atoms with Gasteiger partial charge >= 0.3 is 0 Å². The summed E-state index contributed by atoms with van der Waals surface area (Å²) >= 11 is 9.54. The molecular weight excluding hydrogens is 681 g/mol. The molecule has 2 amide bonds. The van der Waals surface area contributed by atoms with E-state index in [4.69, 9.17) is 11.6 Å². The quantitative estimate of drug-likeness (QED) is 0.162. The molecule has 0 aliphatic rings. The number of carbonyl (C=O) groups excluding carboxylic acids is 2. The molecule has 0 bridgehead atoms. The molecule has 7 nitrogen and oxygen atoms in total. The molecule has 0 spiro atoms. The maximum atomic E-state index is 14.5. The number of halogens is 3. The fraction of sp³-hybridized carbons (Fsp3) is 0.235. The summed E-state index contributed by atoms with van der Waals surface area (Å²) in [5, 5.41) is 2.71. The van der Waals surface area contributed by atoms with Crippen molar-refractivity contribution in [1.82, 2.24) is 10.2 Å². The maximum absolute atomic E-state index is 14.5. The first-order valence-electron chi connectivity index (χ1n) is 14.4. The second-order valence-electron chi connectivity index (χ2n) is 10.6. The average Bonchev–Trinajstić information content (AvgIpc) is 3.03. The third-order valence-corrected chi connectivity index (χ3v) is 9.89. The molecule has 2 unspecified atom stereocenters. The van der Waals surface area contributed by atoms with Crippen LogP contribution in [0.5, 0.6) is 0 Å². The maximum Gasteiger partial charge on any atom is 0.264 e. The molecular formula is C34H34BrClFN3O4S. The van der Waals surface area contributed by atoms with E-state index in [1.165, 1.54) is 29.2 Å². The molecule has 0 aromatic heterocycles. The first kappa shape index (κ1) is 34.1. The van der Waals surface area contributed by atoms with Gasteiger partial charge in [0.15, 0.2) is 0 Å². The Labute approximate surface area is 277 Å². The lowest BCUT2D eigenvalue weighted by atomic mass is 10.0. The first-order chi connectivity index (χ1) is 21.5. The normalized spacial score (nSPS) is 12.6. The Kier molecular flexibility index (Phi) is 11.8. The molecule has 0 heterocycles. The Hall–Kier alpha value is -3.73. The van der Waals surface area contributed by atoms with Gasteiger partial charge in [-0.25, -0.2) is 12.8 Å². The van der Waals surface area contributed by atoms with Crippen LogP contribution in [0.1, 0.15) is 31.4 Å². The molecule has 0 saturated carbocycles. The fourth-order valence-electron chi connectivity index (χ4n) is 4.72. The summed E-state index contributed by atoms with van der Waals surface area (Å²) < 4.78 is 43.8. The zero-order valence-corrected chi connectivity index (χ0v) is 28.0. The third-order valence-electron chi connectivity index (χ3n) is 7.32. The minimum absolute atomic E-state index is 0.00433. The Morgan fingerprint density at radius 3 is 2.18 bits per heavy atom. The van der Waals surface area contributed by atoms with E-state index in [9.17, 15) is 22.4 Å². The smallest absolute Gasteiger partial charge is 0.264 e. The number of benzene rings is 4. The molecule has 236 valence electrons. The highest BCUT2D eigenvalue weighted by Crippen LogP contribution is 2.28. The summed E-state index contributed by atoms with van der Waals surface area (Å²) in [5.74, 6) is -1.72. The summed E-state index contributed by atoms with van der Waals surface area (Å²) in [6.07, 6.45) is 0.870. The molecule has 0 fully saturated rings. The van der Waals surface area contributed by atoms with E-state index >= 15 is 0 Å². The summed E-state index contributed by atoms with van der Waals surface area (Å²) in [7, 11) is -4.32. The van der Waals surface area contributed by atoms with Gasteiger partial charge in [-0.3, -0.25) is 13.9 Å². The van der Waals surface area contributed by atoms with Crippen LogP contribution in [0, 0.1) is 5.82 Å². The average molecular weight is 715 g/mol. The van der Waals surface area contributed by atoms with Crippen molar-refractivity contribution in [1.29, 1.82) is 0 Å². The highest BCUT2D eigenvalue weighted by Gasteiger charge is 2.35. The molecule has 11 heteroatoms. The van der Waals surface area contributed by atoms with E-state index in [0.29, 0.717) is 6.42 Å². The number of nitrogens with zero attached hydrogens (tertiary/aromatic N) is 2. The molecule has 0 aliphatic heterocycles. The Balaban J connectivity index is 1.82. The Morgan fingerprint density at radius 1 is 0.911 bits per heavy atom. The molecule has 45 heavy (non-hydrogen) atoms. The Morgan fingerprint density at radius 2 is 1.56 bits per heavy atom. The molecule has 0 aliphatic carbocycles. The lowest BCUT2D eigenvalue weighted by molar-refractivity contribution is -0.140. The van der Waals surface area contributed by atoms with Crippen LogP contribution in [0.15, 0.2) is 112 Å². The van der Waals surface area contributed by atoms with Crippen LogP contribution in [0.2, 0.25) is 5.02 Å². The molecule has 2 atom stereocenters. The number of rotatable bonds is 13. The van der Waals surface area contributed by atoms with Crippen molar-refractivity contribution in [2.45, 2.75) is 50.2 Å². The van der Waals surface area contributed by atoms with Gasteiger partial charge in [0.1, 0.15) is 18.4 Å². The minimum Gasteiger partial charge on any atom is -0.352 e. The van der Waals surface area contributed by atoms with Crippen molar-refractivity contribution in [3.8, 4) is 0 Å². The van der Waals surface area contributed by atoms with Crippen LogP contribution >= 0.6 is 27.5 Å². The molecule has 4 aromatic rings. The van der Waals surface area contributed by atoms with Gasteiger partial charge in [0.05, 0.1) is 15.6 Å². The minimum atomic E-state index is -4.32. The van der Waals surface area contributed by atoms with Crippen LogP contribution in [0.3, 0.4) is 0 Å². The number of amides is 2. The van der Waals surface area contributed by atoms with Crippen molar-refractivity contribution in [3.05, 3.63) is 130 Å². The van der Waals surface area contributed by atoms with Crippen molar-refractivity contribution >= 4 is 55.1 Å². The van der Waals surface area contributed by atoms with E-state index in [-0.39, 0.29) is 40.5 Å². The monoisotopic (exact) mass is 713 g/mol. The van der Waals surface area contributed by atoms with Crippen LogP contribution in [-0.2, 0) is 32.6 Å². The lowest BCUT2D eigenvalue weighted by Crippen LogP contribution is -2.54. The summed E-state index contributed by atoms with van der Waals surface area (Å²) in [5.41, 5.74) is 1.56. The van der Waals surface area contributed by atoms with Crippen LogP contribution < -0.4 is 9.62 Å². The van der Waals surface area contributed by atoms with Crippen LogP contribution in [0.4, 0.5) is 10.1 Å². The van der Waals surface area contributed by atoms with Gasteiger partial charge in [0.25, 0.3) is 10.0 Å². The second kappa shape index (κ2) is 15.5. The third kappa shape index (κ3) is 8.93. The molecule has 1 N–H and O–H groups in total. The van der Waals surface area contributed by atoms with Gasteiger partial charge < -0.3 is 10.2 Å².